The van der Waals surface area contributed by atoms with Crippen molar-refractivity contribution >= 4 is 5.91 Å². The molecule has 0 unspecified atom stereocenters. The summed E-state index contributed by atoms with van der Waals surface area (Å²) in [5, 5.41) is 10.6. The van der Waals surface area contributed by atoms with Crippen LogP contribution in [-0.2, 0) is 13.0 Å². The number of hydrogen-bond donors (Lipinski definition) is 2. The normalized spacial score (nSPS) is 14.4. The maximum absolute atomic E-state index is 12.7. The lowest BCUT2D eigenvalue weighted by atomic mass is 10.1. The summed E-state index contributed by atoms with van der Waals surface area (Å²) >= 11 is 0. The lowest BCUT2D eigenvalue weighted by molar-refractivity contribution is 0.0695. The number of aromatic nitrogens is 2. The van der Waals surface area contributed by atoms with Gasteiger partial charge in [-0.1, -0.05) is 19.8 Å². The van der Waals surface area contributed by atoms with Crippen LogP contribution in [0.2, 0.25) is 0 Å². The number of rotatable bonds is 6. The first-order chi connectivity index (χ1) is 9.65. The van der Waals surface area contributed by atoms with Crippen molar-refractivity contribution in [1.29, 1.82) is 0 Å². The largest absolute Gasteiger partial charge is 0.335 e. The third-order valence-corrected chi connectivity index (χ3v) is 3.90. The molecule has 20 heavy (non-hydrogen) atoms. The van der Waals surface area contributed by atoms with E-state index in [0.29, 0.717) is 5.69 Å². The average molecular weight is 278 g/mol. The number of unbranched alkanes of at least 4 members (excludes halogenated alkanes) is 2. The highest BCUT2D eigenvalue weighted by molar-refractivity contribution is 5.94. The maximum atomic E-state index is 12.7. The Balaban J connectivity index is 2.12. The van der Waals surface area contributed by atoms with Gasteiger partial charge in [0.2, 0.25) is 0 Å². The Bertz CT molecular complexity index is 453. The smallest absolute Gasteiger partial charge is 0.274 e. The number of hydrogen-bond acceptors (Lipinski definition) is 3. The molecule has 0 fully saturated rings. The van der Waals surface area contributed by atoms with E-state index in [1.54, 1.807) is 0 Å². The molecular formula is C15H26N4O. The highest BCUT2D eigenvalue weighted by Crippen LogP contribution is 2.18. The van der Waals surface area contributed by atoms with E-state index in [-0.39, 0.29) is 11.9 Å². The van der Waals surface area contributed by atoms with Gasteiger partial charge >= 0.3 is 0 Å². The molecule has 1 amide bonds. The average Bonchev–Trinajstić information content (AvgIpc) is 2.86. The van der Waals surface area contributed by atoms with E-state index in [9.17, 15) is 4.79 Å². The second-order valence-electron chi connectivity index (χ2n) is 5.76. The summed E-state index contributed by atoms with van der Waals surface area (Å²) in [6, 6.07) is 0.211. The molecule has 2 N–H and O–H groups in total. The minimum atomic E-state index is 0.0669. The Labute approximate surface area is 121 Å². The molecule has 0 aromatic carbocycles. The molecule has 0 saturated carbocycles. The summed E-state index contributed by atoms with van der Waals surface area (Å²) in [7, 11) is 0. The lowest BCUT2D eigenvalue weighted by Crippen LogP contribution is -2.39. The second kappa shape index (κ2) is 6.88. The first-order valence-corrected chi connectivity index (χ1v) is 7.73. The van der Waals surface area contributed by atoms with E-state index in [4.69, 9.17) is 0 Å². The number of amides is 1. The molecule has 0 aliphatic carbocycles. The Kier molecular flexibility index (Phi) is 5.17. The third kappa shape index (κ3) is 3.20. The van der Waals surface area contributed by atoms with Crippen molar-refractivity contribution in [1.82, 2.24) is 20.4 Å². The van der Waals surface area contributed by atoms with E-state index < -0.39 is 0 Å². The fourth-order valence-corrected chi connectivity index (χ4v) is 2.66. The van der Waals surface area contributed by atoms with E-state index in [1.807, 2.05) is 4.90 Å². The summed E-state index contributed by atoms with van der Waals surface area (Å²) in [6.45, 7) is 8.83. The van der Waals surface area contributed by atoms with Crippen molar-refractivity contribution in [2.24, 2.45) is 0 Å². The fraction of sp³-hybridized carbons (Fsp3) is 0.733. The summed E-state index contributed by atoms with van der Waals surface area (Å²) in [5.41, 5.74) is 2.78. The molecular weight excluding hydrogens is 252 g/mol. The number of nitrogens with one attached hydrogen (secondary N) is 2. The van der Waals surface area contributed by atoms with Crippen LogP contribution in [0.3, 0.4) is 0 Å². The van der Waals surface area contributed by atoms with Crippen molar-refractivity contribution in [3.63, 3.8) is 0 Å². The van der Waals surface area contributed by atoms with E-state index in [2.05, 4.69) is 36.3 Å². The zero-order valence-electron chi connectivity index (χ0n) is 12.8. The van der Waals surface area contributed by atoms with Gasteiger partial charge in [0.15, 0.2) is 5.69 Å². The molecule has 1 aliphatic rings. The Morgan fingerprint density at radius 2 is 2.20 bits per heavy atom. The molecule has 2 heterocycles. The number of aromatic amines is 1. The van der Waals surface area contributed by atoms with Crippen molar-refractivity contribution in [3.05, 3.63) is 17.0 Å². The van der Waals surface area contributed by atoms with Crippen LogP contribution < -0.4 is 5.32 Å². The number of carbonyl (C=O) groups excluding carboxylic acids is 1. The molecule has 0 bridgehead atoms. The number of carbonyl (C=O) groups is 1. The van der Waals surface area contributed by atoms with Crippen LogP contribution >= 0.6 is 0 Å². The first kappa shape index (κ1) is 15.0. The summed E-state index contributed by atoms with van der Waals surface area (Å²) in [5.74, 6) is 0.0669. The molecule has 0 spiro atoms. The van der Waals surface area contributed by atoms with Crippen molar-refractivity contribution < 1.29 is 4.79 Å². The lowest BCUT2D eigenvalue weighted by Gasteiger charge is -2.26. The molecule has 1 aromatic rings. The quantitative estimate of drug-likeness (QED) is 0.783. The predicted molar refractivity (Wildman–Crippen MR) is 79.7 cm³/mol. The maximum Gasteiger partial charge on any atom is 0.274 e. The second-order valence-corrected chi connectivity index (χ2v) is 5.76. The van der Waals surface area contributed by atoms with Crippen LogP contribution in [0.1, 0.15) is 61.8 Å². The van der Waals surface area contributed by atoms with Gasteiger partial charge in [0.1, 0.15) is 0 Å². The van der Waals surface area contributed by atoms with Gasteiger partial charge in [-0.25, -0.2) is 0 Å². The Morgan fingerprint density at radius 1 is 1.40 bits per heavy atom. The molecule has 1 aromatic heterocycles. The van der Waals surface area contributed by atoms with Gasteiger partial charge in [0, 0.05) is 43.4 Å². The zero-order valence-corrected chi connectivity index (χ0v) is 12.8. The number of nitrogens with zero attached hydrogens (tertiary/aromatic N) is 2. The standard InChI is InChI=1S/C15H26N4O/c1-4-5-6-9-19(11(2)3)15(20)14-12-10-16-8-7-13(12)17-18-14/h11,16H,4-10H2,1-3H3,(H,17,18). The van der Waals surface area contributed by atoms with Crippen LogP contribution in [0.5, 0.6) is 0 Å². The topological polar surface area (TPSA) is 61.0 Å². The molecule has 2 rings (SSSR count). The molecule has 5 heteroatoms. The summed E-state index contributed by atoms with van der Waals surface area (Å²) < 4.78 is 0. The molecule has 112 valence electrons. The van der Waals surface area contributed by atoms with Gasteiger partial charge < -0.3 is 10.2 Å². The fourth-order valence-electron chi connectivity index (χ4n) is 2.66. The van der Waals surface area contributed by atoms with Crippen molar-refractivity contribution in [2.45, 2.75) is 59.0 Å². The van der Waals surface area contributed by atoms with Crippen LogP contribution in [-0.4, -0.2) is 40.1 Å². The van der Waals surface area contributed by atoms with Crippen molar-refractivity contribution in [3.8, 4) is 0 Å². The zero-order chi connectivity index (χ0) is 14.5. The Hall–Kier alpha value is -1.36. The minimum absolute atomic E-state index is 0.0669. The van der Waals surface area contributed by atoms with Gasteiger partial charge in [0.05, 0.1) is 0 Å². The van der Waals surface area contributed by atoms with Gasteiger partial charge in [-0.15, -0.1) is 0 Å². The van der Waals surface area contributed by atoms with Crippen LogP contribution in [0.25, 0.3) is 0 Å². The third-order valence-electron chi connectivity index (χ3n) is 3.90. The van der Waals surface area contributed by atoms with E-state index in [1.165, 1.54) is 6.42 Å². The SMILES string of the molecule is CCCCCN(C(=O)c1n[nH]c2c1CNCC2)C(C)C. The van der Waals surface area contributed by atoms with Gasteiger partial charge in [-0.2, -0.15) is 5.10 Å². The summed E-state index contributed by atoms with van der Waals surface area (Å²) in [4.78, 5) is 14.7. The molecule has 0 radical (unpaired) electrons. The monoisotopic (exact) mass is 278 g/mol. The van der Waals surface area contributed by atoms with Gasteiger partial charge in [-0.3, -0.25) is 9.89 Å². The predicted octanol–water partition coefficient (Wildman–Crippen LogP) is 2.10. The molecule has 0 saturated heterocycles. The molecule has 1 aliphatic heterocycles. The van der Waals surface area contributed by atoms with Crippen molar-refractivity contribution in [2.75, 3.05) is 13.1 Å². The van der Waals surface area contributed by atoms with Gasteiger partial charge in [0.25, 0.3) is 5.91 Å². The van der Waals surface area contributed by atoms with E-state index in [0.717, 1.165) is 50.2 Å². The Morgan fingerprint density at radius 3 is 2.90 bits per heavy atom. The van der Waals surface area contributed by atoms with Crippen LogP contribution in [0, 0.1) is 0 Å². The summed E-state index contributed by atoms with van der Waals surface area (Å²) in [6.07, 6.45) is 4.32. The highest BCUT2D eigenvalue weighted by Gasteiger charge is 2.26. The molecule has 0 atom stereocenters. The number of H-pyrrole nitrogens is 1. The number of fused-ring (bicyclic) bond motifs is 1. The van der Waals surface area contributed by atoms with E-state index >= 15 is 0 Å². The molecule has 5 nitrogen and oxygen atoms in total. The van der Waals surface area contributed by atoms with Gasteiger partial charge in [-0.05, 0) is 20.3 Å². The first-order valence-electron chi connectivity index (χ1n) is 7.73. The minimum Gasteiger partial charge on any atom is -0.335 e. The highest BCUT2D eigenvalue weighted by atomic mass is 16.2. The van der Waals surface area contributed by atoms with Crippen LogP contribution in [0.4, 0.5) is 0 Å². The van der Waals surface area contributed by atoms with Crippen LogP contribution in [0.15, 0.2) is 0 Å².